The lowest BCUT2D eigenvalue weighted by molar-refractivity contribution is -0.115. The molecule has 5 rings (SSSR count). The average Bonchev–Trinajstić information content (AvgIpc) is 3.11. The summed E-state index contributed by atoms with van der Waals surface area (Å²) in [5, 5.41) is 2.02. The van der Waals surface area contributed by atoms with E-state index < -0.39 is 0 Å². The van der Waals surface area contributed by atoms with Crippen LogP contribution in [0.25, 0.3) is 6.08 Å². The van der Waals surface area contributed by atoms with Crippen LogP contribution in [-0.4, -0.2) is 17.7 Å². The summed E-state index contributed by atoms with van der Waals surface area (Å²) < 4.78 is 0. The summed E-state index contributed by atoms with van der Waals surface area (Å²) in [6.07, 6.45) is 3.84. The number of nitrogens with one attached hydrogen (secondary N) is 1. The van der Waals surface area contributed by atoms with E-state index in [1.54, 1.807) is 0 Å². The van der Waals surface area contributed by atoms with Crippen LogP contribution in [0.4, 0.5) is 10.5 Å². The van der Waals surface area contributed by atoms with E-state index in [4.69, 9.17) is 0 Å². The van der Waals surface area contributed by atoms with Crippen molar-refractivity contribution in [3.8, 4) is 0 Å². The van der Waals surface area contributed by atoms with Crippen LogP contribution >= 0.6 is 11.8 Å². The number of hydrogen-bond donors (Lipinski definition) is 1. The molecule has 3 aromatic carbocycles. The zero-order valence-electron chi connectivity index (χ0n) is 17.7. The number of thioether (sulfide) groups is 1. The number of fused-ring (bicyclic) bond motifs is 1. The van der Waals surface area contributed by atoms with Gasteiger partial charge in [-0.15, -0.1) is 0 Å². The standard InChI is InChI=1S/C27H24N2O2S/c30-26-25(32-27(31)28-26)16-21-11-12-24-23(14-21)15-22(13-19-7-3-1-4-8-19)18-29(24)17-20-9-5-2-6-10-20/h1-12,14,16,22H,13,15,17-18H2,(H,28,30,31)/b25-16-. The summed E-state index contributed by atoms with van der Waals surface area (Å²) in [6.45, 7) is 1.87. The highest BCUT2D eigenvalue weighted by molar-refractivity contribution is 8.18. The van der Waals surface area contributed by atoms with E-state index in [1.807, 2.05) is 18.2 Å². The molecule has 4 nitrogen and oxygen atoms in total. The van der Waals surface area contributed by atoms with Crippen molar-refractivity contribution in [1.82, 2.24) is 5.32 Å². The number of imide groups is 1. The number of rotatable bonds is 5. The second kappa shape index (κ2) is 9.05. The number of amides is 2. The monoisotopic (exact) mass is 440 g/mol. The summed E-state index contributed by atoms with van der Waals surface area (Å²) in [4.78, 5) is 26.4. The van der Waals surface area contributed by atoms with Crippen LogP contribution in [0, 0.1) is 5.92 Å². The second-order valence-corrected chi connectivity index (χ2v) is 9.38. The maximum atomic E-state index is 12.0. The van der Waals surface area contributed by atoms with Crippen molar-refractivity contribution < 1.29 is 9.59 Å². The van der Waals surface area contributed by atoms with Gasteiger partial charge in [-0.1, -0.05) is 66.7 Å². The number of hydrogen-bond acceptors (Lipinski definition) is 4. The van der Waals surface area contributed by atoms with Crippen LogP contribution in [0.3, 0.4) is 0 Å². The Morgan fingerprint density at radius 2 is 1.66 bits per heavy atom. The first kappa shape index (κ1) is 20.6. The summed E-state index contributed by atoms with van der Waals surface area (Å²) in [6, 6.07) is 27.6. The van der Waals surface area contributed by atoms with E-state index in [0.717, 1.165) is 43.3 Å². The molecule has 0 bridgehead atoms. The topological polar surface area (TPSA) is 49.4 Å². The SMILES string of the molecule is O=C1NC(=O)/C(=C/c2ccc3c(c2)CC(Cc2ccccc2)CN3Cc2ccccc2)S1. The number of anilines is 1. The number of nitrogens with zero attached hydrogens (tertiary/aromatic N) is 1. The molecular weight excluding hydrogens is 416 g/mol. The van der Waals surface area contributed by atoms with Gasteiger partial charge >= 0.3 is 0 Å². The molecule has 32 heavy (non-hydrogen) atoms. The van der Waals surface area contributed by atoms with E-state index in [9.17, 15) is 9.59 Å². The Hall–Kier alpha value is -3.31. The number of carbonyl (C=O) groups excluding carboxylic acids is 2. The Morgan fingerprint density at radius 3 is 2.34 bits per heavy atom. The second-order valence-electron chi connectivity index (χ2n) is 8.37. The molecule has 2 aliphatic heterocycles. The maximum absolute atomic E-state index is 12.0. The molecule has 1 fully saturated rings. The lowest BCUT2D eigenvalue weighted by Gasteiger charge is -2.36. The third-order valence-electron chi connectivity index (χ3n) is 5.95. The van der Waals surface area contributed by atoms with Gasteiger partial charge in [-0.2, -0.15) is 0 Å². The van der Waals surface area contributed by atoms with Gasteiger partial charge in [0.25, 0.3) is 11.1 Å². The highest BCUT2D eigenvalue weighted by atomic mass is 32.2. The molecule has 1 atom stereocenters. The summed E-state index contributed by atoms with van der Waals surface area (Å²) in [7, 11) is 0. The van der Waals surface area contributed by atoms with Crippen LogP contribution in [0.15, 0.2) is 83.8 Å². The molecule has 0 spiro atoms. The van der Waals surface area contributed by atoms with E-state index in [0.29, 0.717) is 10.8 Å². The Morgan fingerprint density at radius 1 is 0.938 bits per heavy atom. The Labute approximate surface area is 192 Å². The van der Waals surface area contributed by atoms with Crippen molar-refractivity contribution in [2.24, 2.45) is 5.92 Å². The zero-order valence-corrected chi connectivity index (χ0v) is 18.5. The number of carbonyl (C=O) groups is 2. The summed E-state index contributed by atoms with van der Waals surface area (Å²) in [5.41, 5.74) is 6.15. The zero-order chi connectivity index (χ0) is 21.9. The summed E-state index contributed by atoms with van der Waals surface area (Å²) in [5.74, 6) is 0.188. The molecule has 0 radical (unpaired) electrons. The third kappa shape index (κ3) is 4.63. The van der Waals surface area contributed by atoms with Gasteiger partial charge < -0.3 is 4.90 Å². The molecule has 5 heteroatoms. The van der Waals surface area contributed by atoms with Crippen LogP contribution in [0.5, 0.6) is 0 Å². The highest BCUT2D eigenvalue weighted by Gasteiger charge is 2.27. The largest absolute Gasteiger partial charge is 0.367 e. The van der Waals surface area contributed by atoms with Crippen LogP contribution in [-0.2, 0) is 24.2 Å². The predicted molar refractivity (Wildman–Crippen MR) is 130 cm³/mol. The van der Waals surface area contributed by atoms with Crippen molar-refractivity contribution in [3.05, 3.63) is 106 Å². The fourth-order valence-corrected chi connectivity index (χ4v) is 5.25. The van der Waals surface area contributed by atoms with Gasteiger partial charge in [0, 0.05) is 18.8 Å². The van der Waals surface area contributed by atoms with Crippen LogP contribution < -0.4 is 10.2 Å². The maximum Gasteiger partial charge on any atom is 0.290 e. The van der Waals surface area contributed by atoms with E-state index in [2.05, 4.69) is 76.9 Å². The van der Waals surface area contributed by atoms with Gasteiger partial charge in [-0.3, -0.25) is 14.9 Å². The molecule has 3 aromatic rings. The molecule has 0 aromatic heterocycles. The molecule has 2 amide bonds. The highest BCUT2D eigenvalue weighted by Crippen LogP contribution is 2.34. The molecule has 1 saturated heterocycles. The minimum Gasteiger partial charge on any atom is -0.367 e. The van der Waals surface area contributed by atoms with Crippen LogP contribution in [0.2, 0.25) is 0 Å². The van der Waals surface area contributed by atoms with Crippen molar-refractivity contribution >= 4 is 34.7 Å². The first-order valence-corrected chi connectivity index (χ1v) is 11.7. The van der Waals surface area contributed by atoms with Gasteiger partial charge in [-0.25, -0.2) is 0 Å². The van der Waals surface area contributed by atoms with Gasteiger partial charge in [-0.05, 0) is 71.0 Å². The molecule has 1 unspecified atom stereocenters. The minimum atomic E-state index is -0.314. The molecule has 0 aliphatic carbocycles. The molecule has 0 saturated carbocycles. The first-order chi connectivity index (χ1) is 15.6. The van der Waals surface area contributed by atoms with E-state index in [1.165, 1.54) is 22.4 Å². The first-order valence-electron chi connectivity index (χ1n) is 10.8. The van der Waals surface area contributed by atoms with Gasteiger partial charge in [0.1, 0.15) is 0 Å². The fraction of sp³-hybridized carbons (Fsp3) is 0.185. The predicted octanol–water partition coefficient (Wildman–Crippen LogP) is 5.43. The lowest BCUT2D eigenvalue weighted by atomic mass is 9.86. The molecule has 2 aliphatic rings. The van der Waals surface area contributed by atoms with Crippen molar-refractivity contribution in [2.75, 3.05) is 11.4 Å². The van der Waals surface area contributed by atoms with Crippen molar-refractivity contribution in [2.45, 2.75) is 19.4 Å². The van der Waals surface area contributed by atoms with Crippen molar-refractivity contribution in [3.63, 3.8) is 0 Å². The normalized spacial score (nSPS) is 19.2. The summed E-state index contributed by atoms with van der Waals surface area (Å²) >= 11 is 0.962. The molecule has 2 heterocycles. The van der Waals surface area contributed by atoms with Gasteiger partial charge in [0.15, 0.2) is 0 Å². The van der Waals surface area contributed by atoms with Crippen molar-refractivity contribution in [1.29, 1.82) is 0 Å². The molecule has 160 valence electrons. The Kier molecular flexibility index (Phi) is 5.82. The van der Waals surface area contributed by atoms with E-state index >= 15 is 0 Å². The molecular formula is C27H24N2O2S. The van der Waals surface area contributed by atoms with Gasteiger partial charge in [0.2, 0.25) is 0 Å². The lowest BCUT2D eigenvalue weighted by Crippen LogP contribution is -2.36. The Balaban J connectivity index is 1.45. The van der Waals surface area contributed by atoms with Crippen LogP contribution in [0.1, 0.15) is 22.3 Å². The average molecular weight is 441 g/mol. The number of benzene rings is 3. The van der Waals surface area contributed by atoms with Gasteiger partial charge in [0.05, 0.1) is 4.91 Å². The quantitative estimate of drug-likeness (QED) is 0.538. The van der Waals surface area contributed by atoms with E-state index in [-0.39, 0.29) is 11.1 Å². The Bertz CT molecular complexity index is 1170. The smallest absolute Gasteiger partial charge is 0.290 e. The molecule has 1 N–H and O–H groups in total. The third-order valence-corrected chi connectivity index (χ3v) is 6.77. The minimum absolute atomic E-state index is 0.309. The fourth-order valence-electron chi connectivity index (χ4n) is 4.56.